The maximum Gasteiger partial charge on any atom is 0.491 e. The minimum atomic E-state index is -1.20. The summed E-state index contributed by atoms with van der Waals surface area (Å²) in [5.74, 6) is -0.326. The maximum absolute atomic E-state index is 13.1. The monoisotopic (exact) mass is 254 g/mol. The van der Waals surface area contributed by atoms with Crippen LogP contribution in [0.3, 0.4) is 0 Å². The first-order chi connectivity index (χ1) is 8.04. The van der Waals surface area contributed by atoms with Crippen LogP contribution in [0.2, 0.25) is 0 Å². The topological polar surface area (TPSA) is 49.7 Å². The van der Waals surface area contributed by atoms with Crippen LogP contribution in [0.5, 0.6) is 0 Å². The van der Waals surface area contributed by atoms with Gasteiger partial charge in [0.2, 0.25) is 0 Å². The van der Waals surface area contributed by atoms with Crippen LogP contribution in [0.15, 0.2) is 18.2 Å². The molecule has 0 amide bonds. The van der Waals surface area contributed by atoms with Crippen LogP contribution in [0.25, 0.3) is 0 Å². The summed E-state index contributed by atoms with van der Waals surface area (Å²) in [5, 5.41) is 19.9. The smallest absolute Gasteiger partial charge is 0.423 e. The summed E-state index contributed by atoms with van der Waals surface area (Å²) in [6.07, 6.45) is 0. The Morgan fingerprint density at radius 2 is 1.78 bits per heavy atom. The molecule has 0 aliphatic heterocycles. The molecular weight excluding hydrogens is 234 g/mol. The largest absolute Gasteiger partial charge is 0.491 e. The van der Waals surface area contributed by atoms with Gasteiger partial charge in [-0.25, -0.2) is 4.39 Å². The summed E-state index contributed by atoms with van der Waals surface area (Å²) in [6, 6.07) is 4.28. The zero-order chi connectivity index (χ0) is 14.1. The predicted molar refractivity (Wildman–Crippen MR) is 70.2 cm³/mol. The molecule has 0 radical (unpaired) electrons. The molecule has 0 saturated carbocycles. The molecule has 3 nitrogen and oxygen atoms in total. The first-order valence-corrected chi connectivity index (χ1v) is 5.89. The van der Waals surface area contributed by atoms with Gasteiger partial charge in [0.15, 0.2) is 0 Å². The lowest BCUT2D eigenvalue weighted by atomic mass is 9.76. The number of aryl methyl sites for hydroxylation is 1. The van der Waals surface area contributed by atoms with Crippen LogP contribution in [-0.4, -0.2) is 28.5 Å². The molecule has 0 heterocycles. The molecule has 2 N–H and O–H groups in total. The van der Waals surface area contributed by atoms with Gasteiger partial charge in [0, 0.05) is 0 Å². The second-order valence-electron chi connectivity index (χ2n) is 5.55. The Hall–Kier alpha value is -0.905. The van der Waals surface area contributed by atoms with E-state index in [1.165, 1.54) is 18.2 Å². The standard InChI is InChI=1S/C13H20BFO3/c1-9-8-10(6-7-11(9)15)14(17)18-13(4,5)12(2,3)16/h6-8,16-17H,1-5H3. The maximum atomic E-state index is 13.1. The quantitative estimate of drug-likeness (QED) is 0.798. The van der Waals surface area contributed by atoms with E-state index in [2.05, 4.69) is 0 Å². The lowest BCUT2D eigenvalue weighted by molar-refractivity contribution is -0.0982. The first kappa shape index (κ1) is 15.2. The summed E-state index contributed by atoms with van der Waals surface area (Å²) >= 11 is 0. The molecule has 100 valence electrons. The molecule has 0 saturated heterocycles. The van der Waals surface area contributed by atoms with Crippen molar-refractivity contribution in [3.63, 3.8) is 0 Å². The summed E-state index contributed by atoms with van der Waals surface area (Å²) < 4.78 is 18.6. The molecule has 0 bridgehead atoms. The molecule has 5 heteroatoms. The number of rotatable bonds is 4. The second-order valence-corrected chi connectivity index (χ2v) is 5.55. The minimum absolute atomic E-state index is 0.326. The highest BCUT2D eigenvalue weighted by atomic mass is 19.1. The molecule has 0 aliphatic carbocycles. The fourth-order valence-corrected chi connectivity index (χ4v) is 1.31. The van der Waals surface area contributed by atoms with E-state index in [1.54, 1.807) is 34.6 Å². The summed E-state index contributed by atoms with van der Waals surface area (Å²) in [7, 11) is -1.20. The van der Waals surface area contributed by atoms with Crippen molar-refractivity contribution < 1.29 is 19.2 Å². The molecule has 0 atom stereocenters. The molecule has 1 aromatic rings. The zero-order valence-corrected chi connectivity index (χ0v) is 11.5. The van der Waals surface area contributed by atoms with Crippen molar-refractivity contribution in [3.8, 4) is 0 Å². The van der Waals surface area contributed by atoms with Gasteiger partial charge in [-0.1, -0.05) is 12.1 Å². The van der Waals surface area contributed by atoms with Gasteiger partial charge in [-0.2, -0.15) is 0 Å². The van der Waals surface area contributed by atoms with Crippen molar-refractivity contribution in [3.05, 3.63) is 29.6 Å². The highest BCUT2D eigenvalue weighted by molar-refractivity contribution is 6.60. The average Bonchev–Trinajstić information content (AvgIpc) is 2.19. The lowest BCUT2D eigenvalue weighted by Gasteiger charge is -2.38. The van der Waals surface area contributed by atoms with Crippen LogP contribution in [-0.2, 0) is 4.65 Å². The second kappa shape index (κ2) is 5.00. The number of benzene rings is 1. The van der Waals surface area contributed by atoms with E-state index in [9.17, 15) is 14.5 Å². The molecule has 1 rings (SSSR count). The van der Waals surface area contributed by atoms with E-state index in [-0.39, 0.29) is 5.82 Å². The van der Waals surface area contributed by atoms with Gasteiger partial charge in [-0.3, -0.25) is 0 Å². The number of hydrogen-bond donors (Lipinski definition) is 2. The molecule has 1 aromatic carbocycles. The Labute approximate surface area is 108 Å². The van der Waals surface area contributed by atoms with Crippen molar-refractivity contribution in [1.29, 1.82) is 0 Å². The minimum Gasteiger partial charge on any atom is -0.423 e. The van der Waals surface area contributed by atoms with E-state index in [0.717, 1.165) is 0 Å². The molecule has 0 aromatic heterocycles. The highest BCUT2D eigenvalue weighted by Gasteiger charge is 2.39. The summed E-state index contributed by atoms with van der Waals surface area (Å²) in [4.78, 5) is 0. The third-order valence-electron chi connectivity index (χ3n) is 3.35. The summed E-state index contributed by atoms with van der Waals surface area (Å²) in [5.41, 5.74) is -1.14. The normalized spacial score (nSPS) is 12.7. The van der Waals surface area contributed by atoms with Gasteiger partial charge in [0.05, 0.1) is 11.2 Å². The molecular formula is C13H20BFO3. The van der Waals surface area contributed by atoms with E-state index in [0.29, 0.717) is 11.0 Å². The number of halogens is 1. The van der Waals surface area contributed by atoms with Gasteiger partial charge in [-0.15, -0.1) is 0 Å². The fraction of sp³-hybridized carbons (Fsp3) is 0.538. The van der Waals surface area contributed by atoms with E-state index in [1.807, 2.05) is 0 Å². The average molecular weight is 254 g/mol. The van der Waals surface area contributed by atoms with Crippen molar-refractivity contribution in [1.82, 2.24) is 0 Å². The van der Waals surface area contributed by atoms with E-state index in [4.69, 9.17) is 4.65 Å². The molecule has 0 fully saturated rings. The van der Waals surface area contributed by atoms with Gasteiger partial charge in [0.25, 0.3) is 0 Å². The Morgan fingerprint density at radius 1 is 1.22 bits per heavy atom. The van der Waals surface area contributed by atoms with E-state index < -0.39 is 18.3 Å². The summed E-state index contributed by atoms with van der Waals surface area (Å²) in [6.45, 7) is 8.21. The Morgan fingerprint density at radius 3 is 2.22 bits per heavy atom. The van der Waals surface area contributed by atoms with Gasteiger partial charge >= 0.3 is 7.12 Å². The van der Waals surface area contributed by atoms with Crippen LogP contribution in [0.4, 0.5) is 4.39 Å². The number of aliphatic hydroxyl groups is 1. The van der Waals surface area contributed by atoms with Crippen molar-refractivity contribution in [2.24, 2.45) is 0 Å². The van der Waals surface area contributed by atoms with Crippen molar-refractivity contribution >= 4 is 12.6 Å². The molecule has 0 unspecified atom stereocenters. The molecule has 0 spiro atoms. The third kappa shape index (κ3) is 3.31. The van der Waals surface area contributed by atoms with Gasteiger partial charge < -0.3 is 14.8 Å². The lowest BCUT2D eigenvalue weighted by Crippen LogP contribution is -2.53. The predicted octanol–water partition coefficient (Wildman–Crippen LogP) is 1.39. The Balaban J connectivity index is 2.89. The van der Waals surface area contributed by atoms with Crippen molar-refractivity contribution in [2.75, 3.05) is 0 Å². The van der Waals surface area contributed by atoms with Crippen molar-refractivity contribution in [2.45, 2.75) is 45.8 Å². The number of hydrogen-bond acceptors (Lipinski definition) is 3. The van der Waals surface area contributed by atoms with Crippen LogP contribution >= 0.6 is 0 Å². The van der Waals surface area contributed by atoms with Crippen LogP contribution < -0.4 is 5.46 Å². The third-order valence-corrected chi connectivity index (χ3v) is 3.35. The highest BCUT2D eigenvalue weighted by Crippen LogP contribution is 2.25. The van der Waals surface area contributed by atoms with Crippen LogP contribution in [0, 0.1) is 12.7 Å². The first-order valence-electron chi connectivity index (χ1n) is 5.89. The van der Waals surface area contributed by atoms with Crippen LogP contribution in [0.1, 0.15) is 33.3 Å². The molecule has 18 heavy (non-hydrogen) atoms. The van der Waals surface area contributed by atoms with Gasteiger partial charge in [0.1, 0.15) is 5.82 Å². The van der Waals surface area contributed by atoms with Gasteiger partial charge in [-0.05, 0) is 51.7 Å². The zero-order valence-electron chi connectivity index (χ0n) is 11.5. The molecule has 0 aliphatic rings. The fourth-order valence-electron chi connectivity index (χ4n) is 1.31. The SMILES string of the molecule is Cc1cc(B(O)OC(C)(C)C(C)(C)O)ccc1F. The Bertz CT molecular complexity index is 427. The Kier molecular flexibility index (Phi) is 4.21. The van der Waals surface area contributed by atoms with E-state index >= 15 is 0 Å².